The number of para-hydroxylation sites is 3. The van der Waals surface area contributed by atoms with Crippen LogP contribution in [0.4, 0.5) is 0 Å². The molecule has 0 saturated carbocycles. The molecule has 2 nitrogen and oxygen atoms in total. The molecule has 10 aromatic carbocycles. The lowest BCUT2D eigenvalue weighted by Gasteiger charge is -2.14. The van der Waals surface area contributed by atoms with Gasteiger partial charge in [-0.1, -0.05) is 140 Å². The highest BCUT2D eigenvalue weighted by atomic mass is 32.1. The van der Waals surface area contributed by atoms with E-state index in [4.69, 9.17) is 0 Å². The molecule has 0 radical (unpaired) electrons. The fraction of sp³-hybridized carbons (Fsp3) is 0. The smallest absolute Gasteiger partial charge is 0.0542 e. The van der Waals surface area contributed by atoms with Crippen LogP contribution in [-0.4, -0.2) is 9.13 Å². The lowest BCUT2D eigenvalue weighted by molar-refractivity contribution is 1.17. The number of nitrogens with zero attached hydrogens (tertiary/aromatic N) is 2. The standard InChI is InChI=1S/C62H38N2S2/c1-2-11-44(12-3-1)63-56-17-8-7-16-51(56)55-38-45(27-31-59(55)63)64-57-18-9-6-15-50(57)54-37-43(26-30-58(54)64)42-25-29-49-48-28-24-41(35-52(48)46-13-4-5-14-47(46)53(49)36-42)39-20-22-40(23-21-39)60-32-33-62(66-60)61-19-10-34-65-61/h1-38H. The van der Waals surface area contributed by atoms with Gasteiger partial charge in [0.25, 0.3) is 0 Å². The van der Waals surface area contributed by atoms with Gasteiger partial charge in [0.15, 0.2) is 0 Å². The van der Waals surface area contributed by atoms with Crippen LogP contribution in [0.1, 0.15) is 0 Å². The largest absolute Gasteiger partial charge is 0.309 e. The lowest BCUT2D eigenvalue weighted by Crippen LogP contribution is -1.95. The molecule has 0 unspecified atom stereocenters. The van der Waals surface area contributed by atoms with Crippen LogP contribution in [0, 0.1) is 0 Å². The van der Waals surface area contributed by atoms with Crippen LogP contribution in [0.3, 0.4) is 0 Å². The van der Waals surface area contributed by atoms with Crippen molar-refractivity contribution in [3.05, 3.63) is 230 Å². The molecule has 14 rings (SSSR count). The third-order valence-electron chi connectivity index (χ3n) is 13.6. The normalized spacial score (nSPS) is 11.9. The van der Waals surface area contributed by atoms with E-state index >= 15 is 0 Å². The van der Waals surface area contributed by atoms with Crippen molar-refractivity contribution in [3.8, 4) is 53.8 Å². The minimum atomic E-state index is 1.16. The third kappa shape index (κ3) is 5.79. The number of hydrogen-bond acceptors (Lipinski definition) is 2. The van der Waals surface area contributed by atoms with Crippen LogP contribution in [-0.2, 0) is 0 Å². The van der Waals surface area contributed by atoms with Crippen LogP contribution >= 0.6 is 22.7 Å². The Kier molecular flexibility index (Phi) is 8.36. The van der Waals surface area contributed by atoms with Gasteiger partial charge >= 0.3 is 0 Å². The van der Waals surface area contributed by atoms with Crippen LogP contribution in [0.2, 0.25) is 0 Å². The van der Waals surface area contributed by atoms with E-state index in [0.717, 1.165) is 5.69 Å². The van der Waals surface area contributed by atoms with Crippen LogP contribution in [0.15, 0.2) is 230 Å². The molecular formula is C62H38N2S2. The van der Waals surface area contributed by atoms with Gasteiger partial charge in [-0.25, -0.2) is 0 Å². The van der Waals surface area contributed by atoms with Crippen molar-refractivity contribution in [3.63, 3.8) is 0 Å². The van der Waals surface area contributed by atoms with E-state index in [1.807, 2.05) is 11.3 Å². The first-order valence-corrected chi connectivity index (χ1v) is 24.2. The molecule has 0 bridgehead atoms. The van der Waals surface area contributed by atoms with Gasteiger partial charge in [-0.2, -0.15) is 0 Å². The summed E-state index contributed by atoms with van der Waals surface area (Å²) in [5, 5.41) is 14.8. The molecule has 14 aromatic rings. The highest BCUT2D eigenvalue weighted by Gasteiger charge is 2.18. The molecule has 0 aliphatic rings. The second-order valence-electron chi connectivity index (χ2n) is 17.3. The molecule has 66 heavy (non-hydrogen) atoms. The van der Waals surface area contributed by atoms with Crippen molar-refractivity contribution in [1.82, 2.24) is 9.13 Å². The maximum absolute atomic E-state index is 2.44. The summed E-state index contributed by atoms with van der Waals surface area (Å²) in [6.45, 7) is 0. The summed E-state index contributed by atoms with van der Waals surface area (Å²) in [6.07, 6.45) is 0. The Bertz CT molecular complexity index is 4190. The molecular weight excluding hydrogens is 837 g/mol. The van der Waals surface area contributed by atoms with Crippen LogP contribution in [0.25, 0.3) is 130 Å². The minimum Gasteiger partial charge on any atom is -0.309 e. The molecule has 0 aliphatic carbocycles. The first kappa shape index (κ1) is 37.4. The molecule has 0 N–H and O–H groups in total. The van der Waals surface area contributed by atoms with Gasteiger partial charge in [-0.05, 0) is 150 Å². The highest BCUT2D eigenvalue weighted by Crippen LogP contribution is 2.43. The Morgan fingerprint density at radius 1 is 0.242 bits per heavy atom. The topological polar surface area (TPSA) is 9.86 Å². The van der Waals surface area contributed by atoms with Gasteiger partial charge in [0, 0.05) is 47.6 Å². The zero-order chi connectivity index (χ0) is 43.3. The minimum absolute atomic E-state index is 1.16. The Hall–Kier alpha value is -8.02. The number of rotatable bonds is 6. The number of fused-ring (bicyclic) bond motifs is 12. The third-order valence-corrected chi connectivity index (χ3v) is 15.8. The summed E-state index contributed by atoms with van der Waals surface area (Å²) in [4.78, 5) is 3.95. The molecule has 4 aromatic heterocycles. The number of benzene rings is 10. The molecule has 4 heterocycles. The molecule has 0 fully saturated rings. The zero-order valence-electron chi connectivity index (χ0n) is 35.7. The van der Waals surface area contributed by atoms with E-state index in [-0.39, 0.29) is 0 Å². The van der Waals surface area contributed by atoms with Gasteiger partial charge < -0.3 is 9.13 Å². The SMILES string of the molecule is c1ccc(-n2c3ccccc3c3cc(-n4c5ccccc5c5cc(-c6ccc7c8ccc(-c9ccc(-c%10ccc(-c%11cccs%11)s%10)cc9)cc8c8ccccc8c7c6)ccc54)ccc32)cc1. The average Bonchev–Trinajstić information content (AvgIpc) is 4.22. The molecule has 0 saturated heterocycles. The Balaban J connectivity index is 0.858. The lowest BCUT2D eigenvalue weighted by atomic mass is 9.90. The second kappa shape index (κ2) is 14.8. The summed E-state index contributed by atoms with van der Waals surface area (Å²) in [5.74, 6) is 0. The van der Waals surface area contributed by atoms with E-state index in [2.05, 4.69) is 239 Å². The molecule has 0 atom stereocenters. The maximum Gasteiger partial charge on any atom is 0.0542 e. The van der Waals surface area contributed by atoms with Crippen molar-refractivity contribution in [1.29, 1.82) is 0 Å². The van der Waals surface area contributed by atoms with Crippen molar-refractivity contribution >= 4 is 98.6 Å². The van der Waals surface area contributed by atoms with Crippen LogP contribution < -0.4 is 0 Å². The van der Waals surface area contributed by atoms with Crippen LogP contribution in [0.5, 0.6) is 0 Å². The Morgan fingerprint density at radius 3 is 1.36 bits per heavy atom. The summed E-state index contributed by atoms with van der Waals surface area (Å²) in [7, 11) is 0. The highest BCUT2D eigenvalue weighted by molar-refractivity contribution is 7.23. The fourth-order valence-corrected chi connectivity index (χ4v) is 12.4. The Morgan fingerprint density at radius 2 is 0.712 bits per heavy atom. The first-order valence-electron chi connectivity index (χ1n) is 22.5. The molecule has 4 heteroatoms. The number of thiophene rings is 2. The second-order valence-corrected chi connectivity index (χ2v) is 19.3. The molecule has 0 aliphatic heterocycles. The van der Waals surface area contributed by atoms with Crippen molar-refractivity contribution < 1.29 is 0 Å². The fourth-order valence-electron chi connectivity index (χ4n) is 10.6. The van der Waals surface area contributed by atoms with Gasteiger partial charge in [0.05, 0.1) is 22.1 Å². The molecule has 308 valence electrons. The zero-order valence-corrected chi connectivity index (χ0v) is 37.3. The predicted octanol–water partition coefficient (Wildman–Crippen LogP) is 18.1. The van der Waals surface area contributed by atoms with E-state index in [1.165, 1.54) is 124 Å². The summed E-state index contributed by atoms with van der Waals surface area (Å²) in [5.41, 5.74) is 13.3. The van der Waals surface area contributed by atoms with Crippen molar-refractivity contribution in [2.45, 2.75) is 0 Å². The monoisotopic (exact) mass is 874 g/mol. The maximum atomic E-state index is 2.44. The average molecular weight is 875 g/mol. The number of hydrogen-bond donors (Lipinski definition) is 0. The Labute approximate surface area is 389 Å². The summed E-state index contributed by atoms with van der Waals surface area (Å²) < 4.78 is 4.82. The summed E-state index contributed by atoms with van der Waals surface area (Å²) >= 11 is 3.65. The van der Waals surface area contributed by atoms with Crippen molar-refractivity contribution in [2.75, 3.05) is 0 Å². The summed E-state index contributed by atoms with van der Waals surface area (Å²) in [6, 6.07) is 83.2. The van der Waals surface area contributed by atoms with E-state index in [0.29, 0.717) is 0 Å². The number of aromatic nitrogens is 2. The van der Waals surface area contributed by atoms with Gasteiger partial charge in [0.2, 0.25) is 0 Å². The quantitative estimate of drug-likeness (QED) is 0.147. The van der Waals surface area contributed by atoms with Gasteiger partial charge in [0.1, 0.15) is 0 Å². The molecule has 0 spiro atoms. The van der Waals surface area contributed by atoms with Gasteiger partial charge in [-0.3, -0.25) is 0 Å². The van der Waals surface area contributed by atoms with Crippen molar-refractivity contribution in [2.24, 2.45) is 0 Å². The van der Waals surface area contributed by atoms with E-state index < -0.39 is 0 Å². The first-order chi connectivity index (χ1) is 32.7. The van der Waals surface area contributed by atoms with E-state index in [9.17, 15) is 0 Å². The predicted molar refractivity (Wildman–Crippen MR) is 285 cm³/mol. The van der Waals surface area contributed by atoms with E-state index in [1.54, 1.807) is 11.3 Å². The molecule has 0 amide bonds. The van der Waals surface area contributed by atoms with Gasteiger partial charge in [-0.15, -0.1) is 22.7 Å².